The van der Waals surface area contributed by atoms with Crippen molar-refractivity contribution >= 4 is 11.7 Å². The lowest BCUT2D eigenvalue weighted by molar-refractivity contribution is 0.0697. The lowest BCUT2D eigenvalue weighted by Gasteiger charge is -2.48. The van der Waals surface area contributed by atoms with E-state index in [0.29, 0.717) is 11.6 Å². The summed E-state index contributed by atoms with van der Waals surface area (Å²) in [6, 6.07) is 3.83. The van der Waals surface area contributed by atoms with E-state index >= 15 is 0 Å². The summed E-state index contributed by atoms with van der Waals surface area (Å²) in [4.78, 5) is 13.0. The molecule has 0 amide bonds. The standard InChI is InChI=1S/C14H18FNO2/c1-14(2,3)9-7-16(8-9)12-6-10(15)4-5-11(12)13(17)18/h4-6,9H,7-8H2,1-3H3,(H,17,18). The minimum Gasteiger partial charge on any atom is -0.478 e. The Morgan fingerprint density at radius 1 is 1.39 bits per heavy atom. The second kappa shape index (κ2) is 4.26. The molecule has 0 aliphatic carbocycles. The fourth-order valence-electron chi connectivity index (χ4n) is 2.17. The Bertz CT molecular complexity index is 473. The van der Waals surface area contributed by atoms with E-state index in [4.69, 9.17) is 5.11 Å². The van der Waals surface area contributed by atoms with Crippen molar-refractivity contribution in [3.05, 3.63) is 29.6 Å². The fourth-order valence-corrected chi connectivity index (χ4v) is 2.17. The van der Waals surface area contributed by atoms with Gasteiger partial charge in [-0.15, -0.1) is 0 Å². The number of hydrogen-bond donors (Lipinski definition) is 1. The molecule has 98 valence electrons. The number of halogens is 1. The number of rotatable bonds is 2. The van der Waals surface area contributed by atoms with Crippen LogP contribution in [0, 0.1) is 17.2 Å². The maximum atomic E-state index is 13.2. The van der Waals surface area contributed by atoms with Crippen molar-refractivity contribution in [1.29, 1.82) is 0 Å². The van der Waals surface area contributed by atoms with Gasteiger partial charge in [0.1, 0.15) is 5.82 Å². The first kappa shape index (κ1) is 12.9. The molecule has 1 aliphatic rings. The van der Waals surface area contributed by atoms with Crippen LogP contribution in [0.15, 0.2) is 18.2 Å². The van der Waals surface area contributed by atoms with Gasteiger partial charge in [0.15, 0.2) is 0 Å². The Morgan fingerprint density at radius 3 is 2.50 bits per heavy atom. The summed E-state index contributed by atoms with van der Waals surface area (Å²) in [7, 11) is 0. The van der Waals surface area contributed by atoms with E-state index in [0.717, 1.165) is 13.1 Å². The molecule has 0 unspecified atom stereocenters. The van der Waals surface area contributed by atoms with Gasteiger partial charge in [-0.1, -0.05) is 20.8 Å². The first-order valence-corrected chi connectivity index (χ1v) is 6.07. The smallest absolute Gasteiger partial charge is 0.337 e. The van der Waals surface area contributed by atoms with Crippen LogP contribution in [0.1, 0.15) is 31.1 Å². The normalized spacial score (nSPS) is 16.6. The van der Waals surface area contributed by atoms with Gasteiger partial charge in [-0.05, 0) is 29.5 Å². The summed E-state index contributed by atoms with van der Waals surface area (Å²) in [5, 5.41) is 9.10. The zero-order valence-corrected chi connectivity index (χ0v) is 10.9. The molecule has 1 heterocycles. The molecule has 0 saturated carbocycles. The number of carbonyl (C=O) groups is 1. The zero-order valence-electron chi connectivity index (χ0n) is 10.9. The van der Waals surface area contributed by atoms with Gasteiger partial charge < -0.3 is 10.0 Å². The van der Waals surface area contributed by atoms with Crippen molar-refractivity contribution in [1.82, 2.24) is 0 Å². The van der Waals surface area contributed by atoms with E-state index in [1.165, 1.54) is 18.2 Å². The second-order valence-electron chi connectivity index (χ2n) is 5.93. The first-order valence-electron chi connectivity index (χ1n) is 6.07. The topological polar surface area (TPSA) is 40.5 Å². The largest absolute Gasteiger partial charge is 0.478 e. The molecular weight excluding hydrogens is 233 g/mol. The van der Waals surface area contributed by atoms with Gasteiger partial charge in [0.25, 0.3) is 0 Å². The third-order valence-corrected chi connectivity index (χ3v) is 3.64. The Kier molecular flexibility index (Phi) is 3.05. The highest BCUT2D eigenvalue weighted by Gasteiger charge is 2.37. The van der Waals surface area contributed by atoms with Crippen LogP contribution >= 0.6 is 0 Å². The predicted molar refractivity (Wildman–Crippen MR) is 68.5 cm³/mol. The molecule has 1 aromatic carbocycles. The molecule has 18 heavy (non-hydrogen) atoms. The van der Waals surface area contributed by atoms with E-state index in [-0.39, 0.29) is 11.0 Å². The Labute approximate surface area is 106 Å². The number of nitrogens with zero attached hydrogens (tertiary/aromatic N) is 1. The number of benzene rings is 1. The molecular formula is C14H18FNO2. The third kappa shape index (κ3) is 2.33. The van der Waals surface area contributed by atoms with Crippen LogP contribution in [-0.4, -0.2) is 24.2 Å². The summed E-state index contributed by atoms with van der Waals surface area (Å²) in [6.07, 6.45) is 0. The second-order valence-corrected chi connectivity index (χ2v) is 5.93. The number of carboxylic acids is 1. The van der Waals surface area contributed by atoms with Crippen LogP contribution < -0.4 is 4.90 Å². The predicted octanol–water partition coefficient (Wildman–Crippen LogP) is 3.01. The van der Waals surface area contributed by atoms with Crippen molar-refractivity contribution < 1.29 is 14.3 Å². The van der Waals surface area contributed by atoms with Crippen LogP contribution in [0.25, 0.3) is 0 Å². The number of anilines is 1. The molecule has 1 N–H and O–H groups in total. The molecule has 1 aromatic rings. The molecule has 0 radical (unpaired) electrons. The number of aromatic carboxylic acids is 1. The summed E-state index contributed by atoms with van der Waals surface area (Å²) < 4.78 is 13.2. The van der Waals surface area contributed by atoms with Crippen LogP contribution in [0.2, 0.25) is 0 Å². The summed E-state index contributed by atoms with van der Waals surface area (Å²) in [5.41, 5.74) is 0.861. The minimum absolute atomic E-state index is 0.170. The van der Waals surface area contributed by atoms with Gasteiger partial charge in [-0.3, -0.25) is 0 Å². The van der Waals surface area contributed by atoms with Crippen molar-refractivity contribution in [2.45, 2.75) is 20.8 Å². The van der Waals surface area contributed by atoms with Crippen LogP contribution in [0.3, 0.4) is 0 Å². The van der Waals surface area contributed by atoms with E-state index < -0.39 is 11.8 Å². The van der Waals surface area contributed by atoms with Gasteiger partial charge in [0.05, 0.1) is 11.3 Å². The van der Waals surface area contributed by atoms with Gasteiger partial charge in [0, 0.05) is 13.1 Å². The van der Waals surface area contributed by atoms with E-state index in [9.17, 15) is 9.18 Å². The SMILES string of the molecule is CC(C)(C)C1CN(c2cc(F)ccc2C(=O)O)C1. The average molecular weight is 251 g/mol. The molecule has 0 bridgehead atoms. The first-order chi connectivity index (χ1) is 8.29. The summed E-state index contributed by atoms with van der Waals surface area (Å²) in [5.74, 6) is -0.888. The number of carboxylic acid groups (broad SMARTS) is 1. The highest BCUT2D eigenvalue weighted by Crippen LogP contribution is 2.37. The van der Waals surface area contributed by atoms with E-state index in [1.54, 1.807) is 0 Å². The quantitative estimate of drug-likeness (QED) is 0.878. The van der Waals surface area contributed by atoms with Gasteiger partial charge in [-0.25, -0.2) is 9.18 Å². The highest BCUT2D eigenvalue weighted by atomic mass is 19.1. The monoisotopic (exact) mass is 251 g/mol. The summed E-state index contributed by atoms with van der Waals surface area (Å²) >= 11 is 0. The molecule has 1 fully saturated rings. The van der Waals surface area contributed by atoms with Crippen LogP contribution in [0.4, 0.5) is 10.1 Å². The van der Waals surface area contributed by atoms with Crippen LogP contribution in [0.5, 0.6) is 0 Å². The molecule has 1 saturated heterocycles. The molecule has 3 nitrogen and oxygen atoms in total. The lowest BCUT2D eigenvalue weighted by Crippen LogP contribution is -2.52. The Balaban J connectivity index is 2.21. The lowest BCUT2D eigenvalue weighted by atomic mass is 9.75. The Hall–Kier alpha value is -1.58. The maximum absolute atomic E-state index is 13.2. The maximum Gasteiger partial charge on any atom is 0.337 e. The van der Waals surface area contributed by atoms with Crippen molar-refractivity contribution in [3.63, 3.8) is 0 Å². The Morgan fingerprint density at radius 2 is 2.00 bits per heavy atom. The van der Waals surface area contributed by atoms with Crippen molar-refractivity contribution in [2.24, 2.45) is 11.3 Å². The minimum atomic E-state index is -1.01. The molecule has 1 aliphatic heterocycles. The molecule has 4 heteroatoms. The van der Waals surface area contributed by atoms with Crippen molar-refractivity contribution in [3.8, 4) is 0 Å². The highest BCUT2D eigenvalue weighted by molar-refractivity contribution is 5.94. The van der Waals surface area contributed by atoms with Gasteiger partial charge in [-0.2, -0.15) is 0 Å². The van der Waals surface area contributed by atoms with Gasteiger partial charge in [0.2, 0.25) is 0 Å². The molecule has 0 atom stereocenters. The van der Waals surface area contributed by atoms with E-state index in [2.05, 4.69) is 20.8 Å². The third-order valence-electron chi connectivity index (χ3n) is 3.64. The molecule has 0 aromatic heterocycles. The zero-order chi connectivity index (χ0) is 13.5. The molecule has 2 rings (SSSR count). The number of hydrogen-bond acceptors (Lipinski definition) is 2. The average Bonchev–Trinajstić information content (AvgIpc) is 2.12. The molecule has 0 spiro atoms. The summed E-state index contributed by atoms with van der Waals surface area (Å²) in [6.45, 7) is 8.07. The fraction of sp³-hybridized carbons (Fsp3) is 0.500. The van der Waals surface area contributed by atoms with E-state index in [1.807, 2.05) is 4.90 Å². The van der Waals surface area contributed by atoms with Crippen LogP contribution in [-0.2, 0) is 0 Å². The van der Waals surface area contributed by atoms with Gasteiger partial charge >= 0.3 is 5.97 Å². The van der Waals surface area contributed by atoms with Crippen molar-refractivity contribution in [2.75, 3.05) is 18.0 Å².